The molecule has 1 aliphatic heterocycles. The maximum atomic E-state index is 12.3. The second-order valence-electron chi connectivity index (χ2n) is 5.26. The first kappa shape index (κ1) is 14.9. The summed E-state index contributed by atoms with van der Waals surface area (Å²) >= 11 is 0. The summed E-state index contributed by atoms with van der Waals surface area (Å²) in [7, 11) is 1.66. The van der Waals surface area contributed by atoms with E-state index in [-0.39, 0.29) is 11.9 Å². The van der Waals surface area contributed by atoms with Crippen LogP contribution in [-0.2, 0) is 4.79 Å². The van der Waals surface area contributed by atoms with Crippen LogP contribution in [0.5, 0.6) is 5.75 Å². The van der Waals surface area contributed by atoms with Crippen LogP contribution in [0.4, 0.5) is 0 Å². The van der Waals surface area contributed by atoms with E-state index in [0.29, 0.717) is 13.0 Å². The van der Waals surface area contributed by atoms with Gasteiger partial charge in [-0.3, -0.25) is 4.79 Å². The molecule has 1 saturated heterocycles. The second kappa shape index (κ2) is 7.29. The SMILES string of the molecule is COc1ccc(C2CCCCCN2C(=O)CCN)cc1. The summed E-state index contributed by atoms with van der Waals surface area (Å²) < 4.78 is 5.20. The van der Waals surface area contributed by atoms with Gasteiger partial charge >= 0.3 is 0 Å². The molecule has 4 nitrogen and oxygen atoms in total. The molecular weight excluding hydrogens is 252 g/mol. The Morgan fingerprint density at radius 1 is 1.30 bits per heavy atom. The lowest BCUT2D eigenvalue weighted by Gasteiger charge is -2.30. The lowest BCUT2D eigenvalue weighted by atomic mass is 10.0. The molecule has 1 aromatic carbocycles. The Balaban J connectivity index is 2.20. The summed E-state index contributed by atoms with van der Waals surface area (Å²) in [6, 6.07) is 8.25. The molecule has 1 unspecified atom stereocenters. The summed E-state index contributed by atoms with van der Waals surface area (Å²) in [6.07, 6.45) is 4.92. The molecule has 1 heterocycles. The van der Waals surface area contributed by atoms with Gasteiger partial charge in [-0.1, -0.05) is 25.0 Å². The Morgan fingerprint density at radius 3 is 2.70 bits per heavy atom. The molecule has 1 aromatic rings. The van der Waals surface area contributed by atoms with Crippen molar-refractivity contribution in [1.29, 1.82) is 0 Å². The monoisotopic (exact) mass is 276 g/mol. The van der Waals surface area contributed by atoms with Gasteiger partial charge in [-0.15, -0.1) is 0 Å². The summed E-state index contributed by atoms with van der Waals surface area (Å²) in [6.45, 7) is 1.26. The normalized spacial score (nSPS) is 19.5. The molecule has 0 spiro atoms. The number of methoxy groups -OCH3 is 1. The van der Waals surface area contributed by atoms with Crippen LogP contribution in [0.25, 0.3) is 0 Å². The minimum absolute atomic E-state index is 0.176. The molecule has 2 rings (SSSR count). The average Bonchev–Trinajstić information content (AvgIpc) is 2.73. The van der Waals surface area contributed by atoms with Crippen molar-refractivity contribution in [3.63, 3.8) is 0 Å². The van der Waals surface area contributed by atoms with Crippen molar-refractivity contribution < 1.29 is 9.53 Å². The number of hydrogen-bond acceptors (Lipinski definition) is 3. The van der Waals surface area contributed by atoms with Gasteiger partial charge < -0.3 is 15.4 Å². The van der Waals surface area contributed by atoms with Crippen molar-refractivity contribution in [2.75, 3.05) is 20.2 Å². The molecule has 0 aromatic heterocycles. The highest BCUT2D eigenvalue weighted by Crippen LogP contribution is 2.31. The fourth-order valence-electron chi connectivity index (χ4n) is 2.85. The fourth-order valence-corrected chi connectivity index (χ4v) is 2.85. The van der Waals surface area contributed by atoms with Crippen LogP contribution >= 0.6 is 0 Å². The van der Waals surface area contributed by atoms with Crippen LogP contribution in [0.1, 0.15) is 43.7 Å². The number of carbonyl (C=O) groups excluding carboxylic acids is 1. The Bertz CT molecular complexity index is 431. The number of hydrogen-bond donors (Lipinski definition) is 1. The first-order valence-corrected chi connectivity index (χ1v) is 7.39. The van der Waals surface area contributed by atoms with E-state index in [9.17, 15) is 4.79 Å². The summed E-state index contributed by atoms with van der Waals surface area (Å²) in [5, 5.41) is 0. The van der Waals surface area contributed by atoms with Crippen LogP contribution in [0.2, 0.25) is 0 Å². The van der Waals surface area contributed by atoms with E-state index < -0.39 is 0 Å². The maximum absolute atomic E-state index is 12.3. The lowest BCUT2D eigenvalue weighted by Crippen LogP contribution is -2.35. The number of likely N-dealkylation sites (tertiary alicyclic amines) is 1. The lowest BCUT2D eigenvalue weighted by molar-refractivity contribution is -0.133. The number of benzene rings is 1. The number of rotatable bonds is 4. The summed E-state index contributed by atoms with van der Waals surface area (Å²) in [4.78, 5) is 14.3. The largest absolute Gasteiger partial charge is 0.497 e. The first-order chi connectivity index (χ1) is 9.76. The number of carbonyl (C=O) groups is 1. The molecule has 0 bridgehead atoms. The number of nitrogens with two attached hydrogens (primary N) is 1. The van der Waals surface area contributed by atoms with Gasteiger partial charge in [0.25, 0.3) is 0 Å². The Morgan fingerprint density at radius 2 is 2.05 bits per heavy atom. The van der Waals surface area contributed by atoms with Gasteiger partial charge in [-0.25, -0.2) is 0 Å². The first-order valence-electron chi connectivity index (χ1n) is 7.39. The Kier molecular flexibility index (Phi) is 5.41. The summed E-state index contributed by atoms with van der Waals surface area (Å²) in [5.74, 6) is 1.03. The highest BCUT2D eigenvalue weighted by atomic mass is 16.5. The Labute approximate surface area is 120 Å². The Hall–Kier alpha value is -1.55. The second-order valence-corrected chi connectivity index (χ2v) is 5.26. The van der Waals surface area contributed by atoms with Crippen molar-refractivity contribution in [2.45, 2.75) is 38.1 Å². The molecule has 110 valence electrons. The molecule has 4 heteroatoms. The smallest absolute Gasteiger partial charge is 0.224 e. The topological polar surface area (TPSA) is 55.6 Å². The van der Waals surface area contributed by atoms with Crippen LogP contribution in [0.3, 0.4) is 0 Å². The molecule has 1 aliphatic rings. The molecule has 0 saturated carbocycles. The van der Waals surface area contributed by atoms with Crippen LogP contribution < -0.4 is 10.5 Å². The molecule has 0 radical (unpaired) electrons. The molecule has 2 N–H and O–H groups in total. The van der Waals surface area contributed by atoms with Gasteiger partial charge in [0.2, 0.25) is 5.91 Å². The standard InChI is InChI=1S/C16H24N2O2/c1-20-14-8-6-13(7-9-14)15-5-3-2-4-12-18(15)16(19)10-11-17/h6-9,15H,2-5,10-12,17H2,1H3. The predicted molar refractivity (Wildman–Crippen MR) is 79.6 cm³/mol. The van der Waals surface area contributed by atoms with E-state index >= 15 is 0 Å². The zero-order valence-corrected chi connectivity index (χ0v) is 12.2. The maximum Gasteiger partial charge on any atom is 0.224 e. The van der Waals surface area contributed by atoms with E-state index in [1.807, 2.05) is 17.0 Å². The van der Waals surface area contributed by atoms with Crippen molar-refractivity contribution in [3.05, 3.63) is 29.8 Å². The zero-order chi connectivity index (χ0) is 14.4. The van der Waals surface area contributed by atoms with Crippen molar-refractivity contribution in [3.8, 4) is 5.75 Å². The molecule has 0 aliphatic carbocycles. The van der Waals surface area contributed by atoms with Gasteiger partial charge in [0.05, 0.1) is 13.2 Å². The van der Waals surface area contributed by atoms with Crippen LogP contribution in [0.15, 0.2) is 24.3 Å². The van der Waals surface area contributed by atoms with Gasteiger partial charge in [0.15, 0.2) is 0 Å². The van der Waals surface area contributed by atoms with Gasteiger partial charge in [-0.2, -0.15) is 0 Å². The summed E-state index contributed by atoms with van der Waals surface area (Å²) in [5.41, 5.74) is 6.73. The number of nitrogens with zero attached hydrogens (tertiary/aromatic N) is 1. The van der Waals surface area contributed by atoms with Crippen molar-refractivity contribution >= 4 is 5.91 Å². The number of ether oxygens (including phenoxy) is 1. The number of amides is 1. The van der Waals surface area contributed by atoms with E-state index in [2.05, 4.69) is 12.1 Å². The van der Waals surface area contributed by atoms with Crippen LogP contribution in [-0.4, -0.2) is 31.0 Å². The third-order valence-electron chi connectivity index (χ3n) is 3.93. The predicted octanol–water partition coefficient (Wildman–Crippen LogP) is 2.49. The van der Waals surface area contributed by atoms with Crippen molar-refractivity contribution in [2.24, 2.45) is 5.73 Å². The van der Waals surface area contributed by atoms with E-state index in [0.717, 1.165) is 25.1 Å². The quantitative estimate of drug-likeness (QED) is 0.919. The molecule has 1 fully saturated rings. The average molecular weight is 276 g/mol. The molecule has 20 heavy (non-hydrogen) atoms. The fraction of sp³-hybridized carbons (Fsp3) is 0.562. The molecule has 1 atom stereocenters. The minimum atomic E-state index is 0.176. The third-order valence-corrected chi connectivity index (χ3v) is 3.93. The third kappa shape index (κ3) is 3.51. The molecular formula is C16H24N2O2. The van der Waals surface area contributed by atoms with Crippen molar-refractivity contribution in [1.82, 2.24) is 4.90 Å². The van der Waals surface area contributed by atoms with E-state index in [1.54, 1.807) is 7.11 Å². The van der Waals surface area contributed by atoms with E-state index in [4.69, 9.17) is 10.5 Å². The van der Waals surface area contributed by atoms with Gasteiger partial charge in [-0.05, 0) is 30.5 Å². The van der Waals surface area contributed by atoms with Crippen LogP contribution in [0, 0.1) is 0 Å². The zero-order valence-electron chi connectivity index (χ0n) is 12.2. The van der Waals surface area contributed by atoms with E-state index in [1.165, 1.54) is 18.4 Å². The minimum Gasteiger partial charge on any atom is -0.497 e. The van der Waals surface area contributed by atoms with Gasteiger partial charge in [0.1, 0.15) is 5.75 Å². The van der Waals surface area contributed by atoms with Gasteiger partial charge in [0, 0.05) is 19.5 Å². The molecule has 1 amide bonds. The highest BCUT2D eigenvalue weighted by Gasteiger charge is 2.26. The highest BCUT2D eigenvalue weighted by molar-refractivity contribution is 5.77.